The molecule has 15 nitrogen and oxygen atoms in total. The maximum atomic E-state index is 13.0. The van der Waals surface area contributed by atoms with Crippen LogP contribution in [0.2, 0.25) is 0 Å². The Morgan fingerprint density at radius 3 is 1.45 bits per heavy atom. The second kappa shape index (κ2) is 21.0. The normalized spacial score (nSPS) is 12.9. The van der Waals surface area contributed by atoms with Gasteiger partial charge in [0.15, 0.2) is 0 Å². The standard InChI is InChI=1S/C21H21F3N2O5.C19H19F3N2O4.Li.2H2O/c1-12-16(14-6-4-7-15(10-14)31-21(22,23)24)11-17-18(12)25(3)20(29)26(19(17)28)8-5-9-30-13(2)27;1-11-14(12-5-3-6-13(9-12)28-19(20,21)22)10-15-16(11)23(2)18(27)24(17(15)26)7-4-8-25;;;/h4,6-7,10H,5,8-9,11H2,1-3H3;3,5-6,9,25H,4,7-8,10H2,1-2H3;;2*1H2/q;;+1;;/p-1. The van der Waals surface area contributed by atoms with Gasteiger partial charge < -0.3 is 30.3 Å². The van der Waals surface area contributed by atoms with Gasteiger partial charge in [-0.05, 0) is 84.4 Å². The predicted octanol–water partition coefficient (Wildman–Crippen LogP) is 1.20. The van der Waals surface area contributed by atoms with Crippen molar-refractivity contribution in [2.45, 2.75) is 72.3 Å². The summed E-state index contributed by atoms with van der Waals surface area (Å²) in [5.74, 6) is -1.16. The molecule has 4 N–H and O–H groups in total. The summed E-state index contributed by atoms with van der Waals surface area (Å²) in [6, 6.07) is 11.1. The van der Waals surface area contributed by atoms with E-state index in [0.29, 0.717) is 62.4 Å². The van der Waals surface area contributed by atoms with Crippen LogP contribution in [-0.2, 0) is 49.6 Å². The maximum absolute atomic E-state index is 13.0. The number of aliphatic hydroxyl groups is 1. The van der Waals surface area contributed by atoms with Crippen molar-refractivity contribution in [2.24, 2.45) is 14.1 Å². The zero-order valence-corrected chi connectivity index (χ0v) is 34.5. The predicted molar refractivity (Wildman–Crippen MR) is 209 cm³/mol. The number of benzene rings is 2. The molecule has 0 radical (unpaired) electrons. The van der Waals surface area contributed by atoms with Crippen LogP contribution in [0.4, 0.5) is 26.3 Å². The molecular weight excluding hydrogens is 833 g/mol. The van der Waals surface area contributed by atoms with Crippen molar-refractivity contribution in [1.29, 1.82) is 0 Å². The van der Waals surface area contributed by atoms with Crippen molar-refractivity contribution in [3.05, 3.63) is 124 Å². The van der Waals surface area contributed by atoms with Crippen LogP contribution in [-0.4, -0.2) is 66.2 Å². The fourth-order valence-corrected chi connectivity index (χ4v) is 7.30. The molecule has 2 aromatic carbocycles. The summed E-state index contributed by atoms with van der Waals surface area (Å²) in [6.45, 7) is 4.83. The number of alkyl halides is 6. The molecule has 0 atom stereocenters. The quantitative estimate of drug-likeness (QED) is 0.0984. The molecule has 0 saturated heterocycles. The number of carbonyl (C=O) groups excluding carboxylic acids is 1. The fraction of sp³-hybridized carbons (Fsp3) is 0.375. The first-order valence-corrected chi connectivity index (χ1v) is 18.2. The van der Waals surface area contributed by atoms with E-state index in [1.54, 1.807) is 40.1 Å². The molecule has 2 aromatic heterocycles. The second-order valence-corrected chi connectivity index (χ2v) is 13.7. The molecule has 2 aliphatic carbocycles. The number of aromatic nitrogens is 4. The largest absolute Gasteiger partial charge is 1.00 e. The number of allylic oxidation sites excluding steroid dienone is 4. The molecule has 0 bridgehead atoms. The third kappa shape index (κ3) is 11.7. The minimum absolute atomic E-state index is 0. The SMILES string of the molecule is CC(=O)OCCCn1c(=O)c2c(n(C)c1=O)C(C)=C(c1cccc(OC(F)(F)F)c1)C2.CC1=C(c2cccc(OC(F)(F)F)c2)Cc2c1n(C)c(=O)n(CCCO)c2=O.O.[Li+].[OH-]. The van der Waals surface area contributed by atoms with Crippen LogP contribution in [0.3, 0.4) is 0 Å². The summed E-state index contributed by atoms with van der Waals surface area (Å²) in [5, 5.41) is 8.99. The van der Waals surface area contributed by atoms with Gasteiger partial charge in [0.1, 0.15) is 11.5 Å². The van der Waals surface area contributed by atoms with E-state index < -0.39 is 41.2 Å². The molecule has 62 heavy (non-hydrogen) atoms. The number of ether oxygens (including phenoxy) is 3. The summed E-state index contributed by atoms with van der Waals surface area (Å²) in [6.07, 6.45) is -8.68. The number of nitrogens with zero attached hydrogens (tertiary/aromatic N) is 4. The molecule has 4 aromatic rings. The summed E-state index contributed by atoms with van der Waals surface area (Å²) < 4.78 is 92.9. The number of esters is 1. The Morgan fingerprint density at radius 2 is 1.10 bits per heavy atom. The van der Waals surface area contributed by atoms with Gasteiger partial charge in [0, 0.05) is 64.7 Å². The first-order chi connectivity index (χ1) is 27.6. The molecule has 0 spiro atoms. The van der Waals surface area contributed by atoms with Crippen LogP contribution in [0.5, 0.6) is 11.5 Å². The molecule has 332 valence electrons. The molecule has 2 aliphatic rings. The van der Waals surface area contributed by atoms with E-state index in [0.717, 1.165) is 9.13 Å². The number of aliphatic hydroxyl groups excluding tert-OH is 1. The fourth-order valence-electron chi connectivity index (χ4n) is 7.30. The van der Waals surface area contributed by atoms with Crippen LogP contribution < -0.4 is 50.8 Å². The topological polar surface area (TPSA) is 214 Å². The van der Waals surface area contributed by atoms with Gasteiger partial charge in [-0.1, -0.05) is 24.3 Å². The Hall–Kier alpha value is -5.59. The molecule has 22 heteroatoms. The van der Waals surface area contributed by atoms with Gasteiger partial charge in [-0.25, -0.2) is 9.59 Å². The van der Waals surface area contributed by atoms with Crippen molar-refractivity contribution in [2.75, 3.05) is 13.2 Å². The van der Waals surface area contributed by atoms with E-state index in [1.165, 1.54) is 52.5 Å². The van der Waals surface area contributed by atoms with Gasteiger partial charge in [0.2, 0.25) is 0 Å². The van der Waals surface area contributed by atoms with Crippen LogP contribution in [0.15, 0.2) is 67.7 Å². The van der Waals surface area contributed by atoms with Gasteiger partial charge in [-0.3, -0.25) is 32.7 Å². The number of halogens is 6. The smallest absolute Gasteiger partial charge is 0.870 e. The molecule has 2 heterocycles. The molecule has 0 amide bonds. The Kier molecular flexibility index (Phi) is 17.8. The van der Waals surface area contributed by atoms with Crippen LogP contribution in [0, 0.1) is 0 Å². The van der Waals surface area contributed by atoms with E-state index in [1.807, 2.05) is 0 Å². The third-order valence-electron chi connectivity index (χ3n) is 9.81. The molecule has 0 aliphatic heterocycles. The number of hydrogen-bond acceptors (Lipinski definition) is 10. The number of fused-ring (bicyclic) bond motifs is 2. The Balaban J connectivity index is 0.000000409. The minimum Gasteiger partial charge on any atom is -0.870 e. The number of hydrogen-bond donors (Lipinski definition) is 1. The summed E-state index contributed by atoms with van der Waals surface area (Å²) in [4.78, 5) is 61.9. The second-order valence-electron chi connectivity index (χ2n) is 13.7. The van der Waals surface area contributed by atoms with E-state index in [4.69, 9.17) is 9.84 Å². The average molecular weight is 877 g/mol. The summed E-state index contributed by atoms with van der Waals surface area (Å²) >= 11 is 0. The monoisotopic (exact) mass is 876 g/mol. The first kappa shape index (κ1) is 52.5. The van der Waals surface area contributed by atoms with Gasteiger partial charge in [-0.15, -0.1) is 26.3 Å². The first-order valence-electron chi connectivity index (χ1n) is 18.2. The summed E-state index contributed by atoms with van der Waals surface area (Å²) in [7, 11) is 3.09. The Labute approximate surface area is 360 Å². The van der Waals surface area contributed by atoms with Gasteiger partial charge >= 0.3 is 48.9 Å². The Morgan fingerprint density at radius 1 is 0.710 bits per heavy atom. The number of rotatable bonds is 11. The molecule has 6 rings (SSSR count). The van der Waals surface area contributed by atoms with E-state index >= 15 is 0 Å². The minimum atomic E-state index is -4.82. The molecule has 0 saturated carbocycles. The van der Waals surface area contributed by atoms with Gasteiger partial charge in [0.25, 0.3) is 11.1 Å². The molecule has 0 fully saturated rings. The van der Waals surface area contributed by atoms with E-state index in [9.17, 15) is 50.3 Å². The van der Waals surface area contributed by atoms with Crippen molar-refractivity contribution in [1.82, 2.24) is 18.3 Å². The van der Waals surface area contributed by atoms with Gasteiger partial charge in [0.05, 0.1) is 18.0 Å². The molecular formula is C40H43F6LiN4O11. The van der Waals surface area contributed by atoms with Crippen molar-refractivity contribution < 1.29 is 80.3 Å². The van der Waals surface area contributed by atoms with Crippen LogP contribution in [0.25, 0.3) is 22.3 Å². The zero-order chi connectivity index (χ0) is 43.6. The third-order valence-corrected chi connectivity index (χ3v) is 9.81. The van der Waals surface area contributed by atoms with Crippen molar-refractivity contribution >= 4 is 28.3 Å². The summed E-state index contributed by atoms with van der Waals surface area (Å²) in [5.41, 5.74) is 3.41. The van der Waals surface area contributed by atoms with E-state index in [2.05, 4.69) is 9.47 Å². The maximum Gasteiger partial charge on any atom is 1.00 e. The van der Waals surface area contributed by atoms with Crippen molar-refractivity contribution in [3.63, 3.8) is 0 Å². The Bertz CT molecular complexity index is 2610. The van der Waals surface area contributed by atoms with Crippen LogP contribution >= 0.6 is 0 Å². The van der Waals surface area contributed by atoms with Crippen molar-refractivity contribution in [3.8, 4) is 11.5 Å². The average Bonchev–Trinajstić information content (AvgIpc) is 3.69. The van der Waals surface area contributed by atoms with Crippen LogP contribution in [0.1, 0.15) is 67.3 Å². The zero-order valence-electron chi connectivity index (χ0n) is 34.5. The number of carbonyl (C=O) groups is 1. The molecule has 0 unspecified atom stereocenters. The van der Waals surface area contributed by atoms with E-state index in [-0.39, 0.29) is 86.9 Å². The van der Waals surface area contributed by atoms with Gasteiger partial charge in [-0.2, -0.15) is 0 Å².